The van der Waals surface area contributed by atoms with E-state index in [0.29, 0.717) is 6.54 Å². The van der Waals surface area contributed by atoms with E-state index in [-0.39, 0.29) is 11.6 Å². The molecule has 0 fully saturated rings. The molecule has 4 nitrogen and oxygen atoms in total. The Bertz CT molecular complexity index is 448. The quantitative estimate of drug-likeness (QED) is 0.839. The largest absolute Gasteiger partial charge is 0.494 e. The third kappa shape index (κ3) is 2.85. The van der Waals surface area contributed by atoms with Gasteiger partial charge in [0.05, 0.1) is 20.3 Å². The van der Waals surface area contributed by atoms with E-state index < -0.39 is 0 Å². The van der Waals surface area contributed by atoms with E-state index in [4.69, 9.17) is 4.74 Å². The lowest BCUT2D eigenvalue weighted by atomic mass is 10.3. The van der Waals surface area contributed by atoms with E-state index in [0.717, 1.165) is 24.6 Å². The first-order chi connectivity index (χ1) is 8.72. The van der Waals surface area contributed by atoms with Crippen LogP contribution in [0.2, 0.25) is 0 Å². The first kappa shape index (κ1) is 12.5. The second kappa shape index (κ2) is 5.62. The predicted octanol–water partition coefficient (Wildman–Crippen LogP) is 1.97. The minimum atomic E-state index is -0.349. The molecule has 0 unspecified atom stereocenters. The molecule has 1 aliphatic heterocycles. The van der Waals surface area contributed by atoms with Crippen LogP contribution in [0, 0.1) is 5.82 Å². The highest BCUT2D eigenvalue weighted by atomic mass is 19.1. The molecule has 0 saturated heterocycles. The number of nitrogens with one attached hydrogen (secondary N) is 2. The maximum atomic E-state index is 13.2. The van der Waals surface area contributed by atoms with Crippen LogP contribution in [0.3, 0.4) is 0 Å². The lowest BCUT2D eigenvalue weighted by Crippen LogP contribution is -2.22. The van der Waals surface area contributed by atoms with E-state index >= 15 is 0 Å². The smallest absolute Gasteiger partial charge is 0.165 e. The number of hydrogen-bond donors (Lipinski definition) is 2. The van der Waals surface area contributed by atoms with Gasteiger partial charge in [-0.2, -0.15) is 0 Å². The molecule has 1 aromatic rings. The molecule has 18 heavy (non-hydrogen) atoms. The summed E-state index contributed by atoms with van der Waals surface area (Å²) in [6.45, 7) is 4.63. The first-order valence-corrected chi connectivity index (χ1v) is 5.99. The Labute approximate surface area is 106 Å². The summed E-state index contributed by atoms with van der Waals surface area (Å²) >= 11 is 0. The molecule has 0 amide bonds. The Morgan fingerprint density at radius 1 is 1.50 bits per heavy atom. The van der Waals surface area contributed by atoms with Crippen molar-refractivity contribution in [2.24, 2.45) is 0 Å². The topological polar surface area (TPSA) is 36.5 Å². The summed E-state index contributed by atoms with van der Waals surface area (Å²) in [5, 5.41) is 6.52. The van der Waals surface area contributed by atoms with Gasteiger partial charge in [-0.05, 0) is 19.1 Å². The molecule has 0 radical (unpaired) electrons. The number of nitrogens with zero attached hydrogens (tertiary/aromatic N) is 1. The molecule has 1 heterocycles. The van der Waals surface area contributed by atoms with Crippen LogP contribution in [-0.2, 0) is 0 Å². The Morgan fingerprint density at radius 3 is 3.00 bits per heavy atom. The zero-order chi connectivity index (χ0) is 13.0. The van der Waals surface area contributed by atoms with E-state index in [1.54, 1.807) is 12.1 Å². The van der Waals surface area contributed by atoms with E-state index in [2.05, 4.69) is 28.7 Å². The molecular weight excluding hydrogens is 233 g/mol. The Kier molecular flexibility index (Phi) is 3.92. The molecule has 0 aliphatic carbocycles. The zero-order valence-electron chi connectivity index (χ0n) is 10.7. The van der Waals surface area contributed by atoms with Crippen molar-refractivity contribution in [3.8, 4) is 5.75 Å². The van der Waals surface area contributed by atoms with Crippen LogP contribution in [0.1, 0.15) is 6.92 Å². The van der Waals surface area contributed by atoms with Crippen molar-refractivity contribution in [2.75, 3.05) is 32.2 Å². The first-order valence-electron chi connectivity index (χ1n) is 5.99. The molecule has 1 aliphatic rings. The van der Waals surface area contributed by atoms with Gasteiger partial charge >= 0.3 is 0 Å². The van der Waals surface area contributed by atoms with Crippen molar-refractivity contribution in [3.63, 3.8) is 0 Å². The maximum absolute atomic E-state index is 13.2. The highest BCUT2D eigenvalue weighted by molar-refractivity contribution is 5.49. The molecule has 0 atom stereocenters. The molecule has 0 aromatic heterocycles. The van der Waals surface area contributed by atoms with Crippen LogP contribution >= 0.6 is 0 Å². The fourth-order valence-corrected chi connectivity index (χ4v) is 1.79. The monoisotopic (exact) mass is 251 g/mol. The number of methoxy groups -OCH3 is 1. The number of ether oxygens (including phenoxy) is 1. The summed E-state index contributed by atoms with van der Waals surface area (Å²) in [5.41, 5.74) is 1.96. The van der Waals surface area contributed by atoms with E-state index in [9.17, 15) is 4.39 Å². The third-order valence-electron chi connectivity index (χ3n) is 2.89. The molecule has 2 N–H and O–H groups in total. The summed E-state index contributed by atoms with van der Waals surface area (Å²) < 4.78 is 18.2. The molecule has 0 saturated carbocycles. The number of hydrogen-bond acceptors (Lipinski definition) is 4. The van der Waals surface area contributed by atoms with Gasteiger partial charge < -0.3 is 20.3 Å². The molecule has 98 valence electrons. The van der Waals surface area contributed by atoms with Gasteiger partial charge in [0.15, 0.2) is 11.6 Å². The number of rotatable bonds is 5. The van der Waals surface area contributed by atoms with Crippen LogP contribution < -0.4 is 15.4 Å². The van der Waals surface area contributed by atoms with Crippen molar-refractivity contribution in [1.82, 2.24) is 10.2 Å². The summed E-state index contributed by atoms with van der Waals surface area (Å²) in [6.07, 6.45) is 2.09. The van der Waals surface area contributed by atoms with Crippen molar-refractivity contribution in [2.45, 2.75) is 6.92 Å². The van der Waals surface area contributed by atoms with Crippen molar-refractivity contribution in [3.05, 3.63) is 35.9 Å². The fourth-order valence-electron chi connectivity index (χ4n) is 1.79. The second-order valence-electron chi connectivity index (χ2n) is 4.10. The van der Waals surface area contributed by atoms with Gasteiger partial charge in [0, 0.05) is 30.2 Å². The number of benzene rings is 1. The van der Waals surface area contributed by atoms with E-state index in [1.807, 2.05) is 0 Å². The van der Waals surface area contributed by atoms with Gasteiger partial charge in [-0.3, -0.25) is 0 Å². The molecule has 1 aromatic carbocycles. The number of halogens is 1. The van der Waals surface area contributed by atoms with Crippen LogP contribution in [0.15, 0.2) is 30.1 Å². The van der Waals surface area contributed by atoms with Crippen LogP contribution in [0.5, 0.6) is 5.75 Å². The average Bonchev–Trinajstić information content (AvgIpc) is 2.86. The van der Waals surface area contributed by atoms with Crippen LogP contribution in [-0.4, -0.2) is 31.8 Å². The summed E-state index contributed by atoms with van der Waals surface area (Å²) in [7, 11) is 1.46. The normalized spacial score (nSPS) is 14.2. The molecule has 2 rings (SSSR count). The van der Waals surface area contributed by atoms with Crippen molar-refractivity contribution >= 4 is 5.69 Å². The third-order valence-corrected chi connectivity index (χ3v) is 2.89. The van der Waals surface area contributed by atoms with Crippen LogP contribution in [0.25, 0.3) is 0 Å². The van der Waals surface area contributed by atoms with Gasteiger partial charge in [-0.15, -0.1) is 0 Å². The maximum Gasteiger partial charge on any atom is 0.165 e. The second-order valence-corrected chi connectivity index (χ2v) is 4.10. The Balaban J connectivity index is 1.94. The van der Waals surface area contributed by atoms with Gasteiger partial charge in [0.25, 0.3) is 0 Å². The molecule has 0 spiro atoms. The van der Waals surface area contributed by atoms with Gasteiger partial charge in [0.2, 0.25) is 0 Å². The van der Waals surface area contributed by atoms with Gasteiger partial charge in [-0.25, -0.2) is 4.39 Å². The lowest BCUT2D eigenvalue weighted by molar-refractivity contribution is 0.387. The minimum absolute atomic E-state index is 0.253. The molecular formula is C13H18FN3O. The SMILES string of the molecule is CCN1C=C(CNc2ccc(F)c(OC)c2)NC1. The summed E-state index contributed by atoms with van der Waals surface area (Å²) in [6, 6.07) is 4.75. The standard InChI is InChI=1S/C13H18FN3O/c1-3-17-8-11(16-9-17)7-15-10-4-5-12(14)13(6-10)18-2/h4-6,8,15-16H,3,7,9H2,1-2H3. The highest BCUT2D eigenvalue weighted by Gasteiger charge is 2.09. The Morgan fingerprint density at radius 2 is 2.33 bits per heavy atom. The van der Waals surface area contributed by atoms with Crippen LogP contribution in [0.4, 0.5) is 10.1 Å². The van der Waals surface area contributed by atoms with Crippen molar-refractivity contribution < 1.29 is 9.13 Å². The zero-order valence-corrected chi connectivity index (χ0v) is 10.7. The summed E-state index contributed by atoms with van der Waals surface area (Å²) in [4.78, 5) is 2.18. The van der Waals surface area contributed by atoms with Gasteiger partial charge in [0.1, 0.15) is 0 Å². The number of anilines is 1. The fraction of sp³-hybridized carbons (Fsp3) is 0.385. The Hall–Kier alpha value is -1.91. The predicted molar refractivity (Wildman–Crippen MR) is 69.9 cm³/mol. The summed E-state index contributed by atoms with van der Waals surface area (Å²) in [5.74, 6) is -0.0954. The molecule has 0 bridgehead atoms. The minimum Gasteiger partial charge on any atom is -0.494 e. The van der Waals surface area contributed by atoms with Gasteiger partial charge in [-0.1, -0.05) is 0 Å². The van der Waals surface area contributed by atoms with Crippen molar-refractivity contribution in [1.29, 1.82) is 0 Å². The lowest BCUT2D eigenvalue weighted by Gasteiger charge is -2.09. The van der Waals surface area contributed by atoms with E-state index in [1.165, 1.54) is 13.2 Å². The highest BCUT2D eigenvalue weighted by Crippen LogP contribution is 2.21. The average molecular weight is 251 g/mol. The molecule has 5 heteroatoms.